The fraction of sp³-hybridized carbons (Fsp3) is 0.333. The Balaban J connectivity index is 2.60. The van der Waals surface area contributed by atoms with Crippen molar-refractivity contribution in [3.05, 3.63) is 46.4 Å². The molecule has 0 N–H and O–H groups in total. The zero-order chi connectivity index (χ0) is 11.2. The predicted octanol–water partition coefficient (Wildman–Crippen LogP) is 4.29. The fourth-order valence-electron chi connectivity index (χ4n) is 1.96. The molecule has 0 bridgehead atoms. The number of fused-ring (bicyclic) bond motifs is 1. The molecule has 2 rings (SSSR count). The van der Waals surface area contributed by atoms with Crippen LogP contribution in [0.3, 0.4) is 0 Å². The highest BCUT2D eigenvalue weighted by Crippen LogP contribution is 2.43. The molecule has 1 atom stereocenters. The summed E-state index contributed by atoms with van der Waals surface area (Å²) in [6, 6.07) is 0. The van der Waals surface area contributed by atoms with Crippen molar-refractivity contribution < 1.29 is 13.2 Å². The third-order valence-corrected chi connectivity index (χ3v) is 2.86. The highest BCUT2D eigenvalue weighted by molar-refractivity contribution is 5.51. The first-order chi connectivity index (χ1) is 7.02. The van der Waals surface area contributed by atoms with E-state index < -0.39 is 17.5 Å². The molecule has 0 amide bonds. The minimum atomic E-state index is -1.04. The Labute approximate surface area is 86.5 Å². The minimum absolute atomic E-state index is 0.127. The first-order valence-electron chi connectivity index (χ1n) is 4.82. The SMILES string of the molecule is CC1=C(F)C2=C(F)C(F)=C(C)CC2C=C1. The van der Waals surface area contributed by atoms with Gasteiger partial charge in [0.2, 0.25) is 0 Å². The molecule has 0 aromatic rings. The average Bonchev–Trinajstić information content (AvgIpc) is 2.20. The normalized spacial score (nSPS) is 26.3. The highest BCUT2D eigenvalue weighted by Gasteiger charge is 2.31. The number of halogens is 3. The maximum atomic E-state index is 13.6. The van der Waals surface area contributed by atoms with Gasteiger partial charge >= 0.3 is 0 Å². The Hall–Kier alpha value is -1.25. The van der Waals surface area contributed by atoms with E-state index in [9.17, 15) is 13.2 Å². The summed E-state index contributed by atoms with van der Waals surface area (Å²) >= 11 is 0. The van der Waals surface area contributed by atoms with Gasteiger partial charge in [-0.3, -0.25) is 0 Å². The summed E-state index contributed by atoms with van der Waals surface area (Å²) in [5, 5.41) is 0. The Morgan fingerprint density at radius 2 is 1.73 bits per heavy atom. The lowest BCUT2D eigenvalue weighted by Gasteiger charge is -2.25. The van der Waals surface area contributed by atoms with Crippen LogP contribution in [0.15, 0.2) is 46.4 Å². The van der Waals surface area contributed by atoms with Crippen molar-refractivity contribution in [2.45, 2.75) is 20.3 Å². The zero-order valence-electron chi connectivity index (χ0n) is 8.57. The average molecular weight is 212 g/mol. The Morgan fingerprint density at radius 3 is 2.40 bits per heavy atom. The first-order valence-corrected chi connectivity index (χ1v) is 4.82. The van der Waals surface area contributed by atoms with E-state index in [1.165, 1.54) is 6.92 Å². The first kappa shape index (κ1) is 10.3. The van der Waals surface area contributed by atoms with Crippen LogP contribution in [0.25, 0.3) is 0 Å². The maximum Gasteiger partial charge on any atom is 0.165 e. The quantitative estimate of drug-likeness (QED) is 0.562. The van der Waals surface area contributed by atoms with Crippen LogP contribution in [-0.4, -0.2) is 0 Å². The van der Waals surface area contributed by atoms with Crippen LogP contribution in [0.4, 0.5) is 13.2 Å². The molecule has 80 valence electrons. The molecule has 0 fully saturated rings. The Kier molecular flexibility index (Phi) is 2.33. The van der Waals surface area contributed by atoms with Crippen molar-refractivity contribution in [3.8, 4) is 0 Å². The summed E-state index contributed by atoms with van der Waals surface area (Å²) in [6.07, 6.45) is 3.70. The Bertz CT molecular complexity index is 436. The zero-order valence-corrected chi connectivity index (χ0v) is 8.57. The second-order valence-electron chi connectivity index (χ2n) is 3.99. The summed E-state index contributed by atoms with van der Waals surface area (Å²) in [4.78, 5) is 0. The molecule has 0 aromatic carbocycles. The van der Waals surface area contributed by atoms with Gasteiger partial charge < -0.3 is 0 Å². The lowest BCUT2D eigenvalue weighted by Crippen LogP contribution is -2.14. The molecular formula is C12H11F3. The monoisotopic (exact) mass is 212 g/mol. The third-order valence-electron chi connectivity index (χ3n) is 2.86. The minimum Gasteiger partial charge on any atom is -0.206 e. The van der Waals surface area contributed by atoms with Gasteiger partial charge in [0.05, 0.1) is 0 Å². The molecule has 3 heteroatoms. The lowest BCUT2D eigenvalue weighted by molar-refractivity contribution is 0.474. The van der Waals surface area contributed by atoms with Gasteiger partial charge in [-0.1, -0.05) is 12.2 Å². The molecule has 15 heavy (non-hydrogen) atoms. The van der Waals surface area contributed by atoms with Crippen molar-refractivity contribution in [2.75, 3.05) is 0 Å². The second kappa shape index (κ2) is 3.40. The summed E-state index contributed by atoms with van der Waals surface area (Å²) in [5.41, 5.74) is 0.570. The van der Waals surface area contributed by atoms with Crippen LogP contribution in [0.5, 0.6) is 0 Å². The smallest absolute Gasteiger partial charge is 0.165 e. The largest absolute Gasteiger partial charge is 0.206 e. The molecule has 2 aliphatic carbocycles. The van der Waals surface area contributed by atoms with Gasteiger partial charge in [0.15, 0.2) is 11.7 Å². The second-order valence-corrected chi connectivity index (χ2v) is 3.99. The molecule has 0 radical (unpaired) electrons. The van der Waals surface area contributed by atoms with Crippen molar-refractivity contribution >= 4 is 0 Å². The molecule has 0 heterocycles. The van der Waals surface area contributed by atoms with Crippen LogP contribution >= 0.6 is 0 Å². The van der Waals surface area contributed by atoms with E-state index in [0.717, 1.165) is 0 Å². The van der Waals surface area contributed by atoms with E-state index in [-0.39, 0.29) is 11.5 Å². The number of rotatable bonds is 0. The van der Waals surface area contributed by atoms with Gasteiger partial charge in [-0.15, -0.1) is 0 Å². The summed E-state index contributed by atoms with van der Waals surface area (Å²) < 4.78 is 40.4. The van der Waals surface area contributed by atoms with Gasteiger partial charge in [0, 0.05) is 11.5 Å². The van der Waals surface area contributed by atoms with Gasteiger partial charge in [0.1, 0.15) is 5.83 Å². The molecule has 0 saturated carbocycles. The standard InChI is InChI=1S/C12H11F3/c1-6-3-4-8-5-7(2)11(14)12(15)9(8)10(6)13/h3-4,8H,5H2,1-2H3. The summed E-state index contributed by atoms with van der Waals surface area (Å²) in [5.74, 6) is -2.92. The van der Waals surface area contributed by atoms with Gasteiger partial charge in [-0.2, -0.15) is 0 Å². The van der Waals surface area contributed by atoms with Crippen molar-refractivity contribution in [1.29, 1.82) is 0 Å². The highest BCUT2D eigenvalue weighted by atomic mass is 19.2. The van der Waals surface area contributed by atoms with Gasteiger partial charge in [0.25, 0.3) is 0 Å². The molecule has 0 saturated heterocycles. The van der Waals surface area contributed by atoms with Crippen LogP contribution in [0.1, 0.15) is 20.3 Å². The van der Waals surface area contributed by atoms with Gasteiger partial charge in [-0.25, -0.2) is 13.2 Å². The van der Waals surface area contributed by atoms with Crippen LogP contribution in [0.2, 0.25) is 0 Å². The number of allylic oxidation sites excluding steroid dienone is 8. The van der Waals surface area contributed by atoms with Crippen LogP contribution in [0, 0.1) is 5.92 Å². The summed E-state index contributed by atoms with van der Waals surface area (Å²) in [6.45, 7) is 3.08. The summed E-state index contributed by atoms with van der Waals surface area (Å²) in [7, 11) is 0. The number of hydrogen-bond acceptors (Lipinski definition) is 0. The van der Waals surface area contributed by atoms with E-state index in [1.807, 2.05) is 0 Å². The molecule has 0 spiro atoms. The van der Waals surface area contributed by atoms with Crippen LogP contribution in [-0.2, 0) is 0 Å². The van der Waals surface area contributed by atoms with Crippen LogP contribution < -0.4 is 0 Å². The molecule has 0 aromatic heterocycles. The van der Waals surface area contributed by atoms with E-state index in [0.29, 0.717) is 17.6 Å². The van der Waals surface area contributed by atoms with E-state index in [2.05, 4.69) is 0 Å². The molecular weight excluding hydrogens is 201 g/mol. The topological polar surface area (TPSA) is 0 Å². The lowest BCUT2D eigenvalue weighted by atomic mass is 9.81. The van der Waals surface area contributed by atoms with E-state index in [4.69, 9.17) is 0 Å². The van der Waals surface area contributed by atoms with E-state index in [1.54, 1.807) is 19.1 Å². The van der Waals surface area contributed by atoms with Crippen molar-refractivity contribution in [3.63, 3.8) is 0 Å². The van der Waals surface area contributed by atoms with Crippen molar-refractivity contribution in [2.24, 2.45) is 5.92 Å². The Morgan fingerprint density at radius 1 is 1.07 bits per heavy atom. The molecule has 2 aliphatic rings. The predicted molar refractivity (Wildman–Crippen MR) is 53.0 cm³/mol. The molecule has 1 unspecified atom stereocenters. The molecule has 0 nitrogen and oxygen atoms in total. The number of hydrogen-bond donors (Lipinski definition) is 0. The van der Waals surface area contributed by atoms with Crippen molar-refractivity contribution in [1.82, 2.24) is 0 Å². The van der Waals surface area contributed by atoms with Gasteiger partial charge in [-0.05, 0) is 31.4 Å². The van der Waals surface area contributed by atoms with E-state index >= 15 is 0 Å². The fourth-order valence-corrected chi connectivity index (χ4v) is 1.96. The third kappa shape index (κ3) is 1.46. The molecule has 0 aliphatic heterocycles. The maximum absolute atomic E-state index is 13.6.